The van der Waals surface area contributed by atoms with Gasteiger partial charge in [-0.25, -0.2) is 4.98 Å². The standard InChI is InChI=1S/C14H10BrN3O/c1-9-13(14(19)11-4-2-3-7-16-11)18-8-10(15)5-6-12(18)17-9/h2-8H,1H3. The van der Waals surface area contributed by atoms with Crippen LogP contribution in [0.1, 0.15) is 21.9 Å². The van der Waals surface area contributed by atoms with Crippen LogP contribution in [-0.2, 0) is 0 Å². The van der Waals surface area contributed by atoms with Gasteiger partial charge in [-0.05, 0) is 47.1 Å². The summed E-state index contributed by atoms with van der Waals surface area (Å²) in [6.07, 6.45) is 3.45. The lowest BCUT2D eigenvalue weighted by Crippen LogP contribution is -2.08. The molecule has 3 aromatic heterocycles. The van der Waals surface area contributed by atoms with Crippen LogP contribution in [0.3, 0.4) is 0 Å². The number of imidazole rings is 1. The molecule has 0 saturated heterocycles. The number of rotatable bonds is 2. The molecule has 0 aliphatic rings. The molecule has 0 aliphatic carbocycles. The number of ketones is 1. The maximum atomic E-state index is 12.5. The van der Waals surface area contributed by atoms with Crippen molar-refractivity contribution in [2.24, 2.45) is 0 Å². The Morgan fingerprint density at radius 3 is 2.84 bits per heavy atom. The zero-order valence-electron chi connectivity index (χ0n) is 10.2. The fourth-order valence-electron chi connectivity index (χ4n) is 2.03. The van der Waals surface area contributed by atoms with E-state index in [1.165, 1.54) is 0 Å². The quantitative estimate of drug-likeness (QED) is 0.683. The van der Waals surface area contributed by atoms with Crippen molar-refractivity contribution in [2.45, 2.75) is 6.92 Å². The molecule has 0 spiro atoms. The van der Waals surface area contributed by atoms with Gasteiger partial charge in [0.1, 0.15) is 17.0 Å². The molecule has 0 amide bonds. The number of nitrogens with zero attached hydrogens (tertiary/aromatic N) is 3. The normalized spacial score (nSPS) is 10.8. The molecule has 0 N–H and O–H groups in total. The highest BCUT2D eigenvalue weighted by atomic mass is 79.9. The molecule has 0 aromatic carbocycles. The van der Waals surface area contributed by atoms with E-state index in [2.05, 4.69) is 25.9 Å². The van der Waals surface area contributed by atoms with Crippen molar-refractivity contribution in [3.63, 3.8) is 0 Å². The average Bonchev–Trinajstić information content (AvgIpc) is 2.74. The van der Waals surface area contributed by atoms with Crippen LogP contribution in [-0.4, -0.2) is 20.2 Å². The molecule has 3 heterocycles. The van der Waals surface area contributed by atoms with Gasteiger partial charge in [0.25, 0.3) is 0 Å². The molecule has 0 unspecified atom stereocenters. The van der Waals surface area contributed by atoms with E-state index >= 15 is 0 Å². The molecule has 0 radical (unpaired) electrons. The highest BCUT2D eigenvalue weighted by Gasteiger charge is 2.19. The summed E-state index contributed by atoms with van der Waals surface area (Å²) < 4.78 is 2.68. The summed E-state index contributed by atoms with van der Waals surface area (Å²) in [5, 5.41) is 0. The van der Waals surface area contributed by atoms with Crippen molar-refractivity contribution in [2.75, 3.05) is 0 Å². The molecular weight excluding hydrogens is 306 g/mol. The molecule has 4 nitrogen and oxygen atoms in total. The molecule has 19 heavy (non-hydrogen) atoms. The Bertz CT molecular complexity index is 765. The Hall–Kier alpha value is -2.01. The second-order valence-electron chi connectivity index (χ2n) is 4.17. The monoisotopic (exact) mass is 315 g/mol. The number of fused-ring (bicyclic) bond motifs is 1. The molecule has 0 fully saturated rings. The Morgan fingerprint density at radius 1 is 1.26 bits per heavy atom. The van der Waals surface area contributed by atoms with Crippen molar-refractivity contribution in [3.05, 3.63) is 64.3 Å². The number of carbonyl (C=O) groups excluding carboxylic acids is 1. The topological polar surface area (TPSA) is 47.3 Å². The van der Waals surface area contributed by atoms with E-state index in [1.807, 2.05) is 25.3 Å². The number of hydrogen-bond donors (Lipinski definition) is 0. The first-order valence-corrected chi connectivity index (χ1v) is 6.56. The van der Waals surface area contributed by atoms with Crippen LogP contribution in [0, 0.1) is 6.92 Å². The van der Waals surface area contributed by atoms with Crippen LogP contribution in [0.2, 0.25) is 0 Å². The van der Waals surface area contributed by atoms with Gasteiger partial charge < -0.3 is 0 Å². The maximum absolute atomic E-state index is 12.5. The summed E-state index contributed by atoms with van der Waals surface area (Å²) >= 11 is 3.41. The summed E-state index contributed by atoms with van der Waals surface area (Å²) in [6.45, 7) is 1.83. The lowest BCUT2D eigenvalue weighted by atomic mass is 10.1. The Kier molecular flexibility index (Phi) is 2.91. The molecule has 0 saturated carbocycles. The minimum Gasteiger partial charge on any atom is -0.295 e. The smallest absolute Gasteiger partial charge is 0.229 e. The van der Waals surface area contributed by atoms with Gasteiger partial charge in [-0.1, -0.05) is 6.07 Å². The summed E-state index contributed by atoms with van der Waals surface area (Å²) in [6, 6.07) is 9.06. The summed E-state index contributed by atoms with van der Waals surface area (Å²) in [4.78, 5) is 21.0. The number of carbonyl (C=O) groups is 1. The minimum atomic E-state index is -0.122. The molecule has 0 bridgehead atoms. The van der Waals surface area contributed by atoms with Gasteiger partial charge in [-0.3, -0.25) is 14.2 Å². The first-order chi connectivity index (χ1) is 9.16. The second-order valence-corrected chi connectivity index (χ2v) is 5.08. The Balaban J connectivity index is 2.22. The van der Waals surface area contributed by atoms with Crippen LogP contribution in [0.25, 0.3) is 5.65 Å². The molecule has 0 aliphatic heterocycles. The van der Waals surface area contributed by atoms with Gasteiger partial charge in [0.2, 0.25) is 5.78 Å². The Labute approximate surface area is 118 Å². The summed E-state index contributed by atoms with van der Waals surface area (Å²) in [5.74, 6) is -0.122. The van der Waals surface area contributed by atoms with E-state index in [0.29, 0.717) is 17.1 Å². The van der Waals surface area contributed by atoms with Gasteiger partial charge in [0, 0.05) is 16.9 Å². The predicted octanol–water partition coefficient (Wildman–Crippen LogP) is 3.03. The van der Waals surface area contributed by atoms with Gasteiger partial charge in [0.15, 0.2) is 0 Å². The molecule has 94 valence electrons. The highest BCUT2D eigenvalue weighted by Crippen LogP contribution is 2.18. The first kappa shape index (κ1) is 12.0. The SMILES string of the molecule is Cc1nc2ccc(Br)cn2c1C(=O)c1ccccn1. The largest absolute Gasteiger partial charge is 0.295 e. The Morgan fingerprint density at radius 2 is 2.11 bits per heavy atom. The number of halogens is 1. The first-order valence-electron chi connectivity index (χ1n) is 5.77. The van der Waals surface area contributed by atoms with Crippen LogP contribution in [0.4, 0.5) is 0 Å². The molecule has 0 atom stereocenters. The van der Waals surface area contributed by atoms with E-state index in [4.69, 9.17) is 0 Å². The van der Waals surface area contributed by atoms with Crippen molar-refractivity contribution in [1.82, 2.24) is 14.4 Å². The molecule has 3 rings (SSSR count). The van der Waals surface area contributed by atoms with Gasteiger partial charge in [-0.15, -0.1) is 0 Å². The third kappa shape index (κ3) is 2.06. The van der Waals surface area contributed by atoms with Crippen LogP contribution in [0.15, 0.2) is 47.2 Å². The lowest BCUT2D eigenvalue weighted by molar-refractivity contribution is 0.102. The van der Waals surface area contributed by atoms with Crippen molar-refractivity contribution in [1.29, 1.82) is 0 Å². The molecular formula is C14H10BrN3O. The molecule has 5 heteroatoms. The van der Waals surface area contributed by atoms with Gasteiger partial charge in [0.05, 0.1) is 5.69 Å². The van der Waals surface area contributed by atoms with E-state index in [1.54, 1.807) is 28.8 Å². The highest BCUT2D eigenvalue weighted by molar-refractivity contribution is 9.10. The number of aromatic nitrogens is 3. The third-order valence-electron chi connectivity index (χ3n) is 2.87. The predicted molar refractivity (Wildman–Crippen MR) is 75.3 cm³/mol. The van der Waals surface area contributed by atoms with Gasteiger partial charge >= 0.3 is 0 Å². The van der Waals surface area contributed by atoms with E-state index in [9.17, 15) is 4.79 Å². The number of pyridine rings is 2. The van der Waals surface area contributed by atoms with Crippen LogP contribution >= 0.6 is 15.9 Å². The minimum absolute atomic E-state index is 0.122. The maximum Gasteiger partial charge on any atom is 0.229 e. The molecule has 3 aromatic rings. The zero-order valence-corrected chi connectivity index (χ0v) is 11.8. The lowest BCUT2D eigenvalue weighted by Gasteiger charge is -2.02. The van der Waals surface area contributed by atoms with E-state index < -0.39 is 0 Å². The van der Waals surface area contributed by atoms with Crippen molar-refractivity contribution in [3.8, 4) is 0 Å². The fourth-order valence-corrected chi connectivity index (χ4v) is 2.37. The number of aryl methyl sites for hydroxylation is 1. The van der Waals surface area contributed by atoms with Gasteiger partial charge in [-0.2, -0.15) is 0 Å². The second kappa shape index (κ2) is 4.59. The van der Waals surface area contributed by atoms with E-state index in [0.717, 1.165) is 10.1 Å². The van der Waals surface area contributed by atoms with E-state index in [-0.39, 0.29) is 5.78 Å². The summed E-state index contributed by atoms with van der Waals surface area (Å²) in [7, 11) is 0. The average molecular weight is 316 g/mol. The van der Waals surface area contributed by atoms with Crippen LogP contribution < -0.4 is 0 Å². The zero-order chi connectivity index (χ0) is 13.4. The van der Waals surface area contributed by atoms with Crippen molar-refractivity contribution >= 4 is 27.4 Å². The fraction of sp³-hybridized carbons (Fsp3) is 0.0714. The van der Waals surface area contributed by atoms with Crippen molar-refractivity contribution < 1.29 is 4.79 Å². The summed E-state index contributed by atoms with van der Waals surface area (Å²) in [5.41, 5.74) is 2.43. The number of hydrogen-bond acceptors (Lipinski definition) is 3. The third-order valence-corrected chi connectivity index (χ3v) is 3.34. The van der Waals surface area contributed by atoms with Crippen LogP contribution in [0.5, 0.6) is 0 Å².